The SMILES string of the molecule is CC(C)(CC(=O)O)N1CCNCC1. The fraction of sp³-hybridized carbons (Fsp3) is 0.889. The third-order valence-electron chi connectivity index (χ3n) is 2.56. The van der Waals surface area contributed by atoms with Crippen LogP contribution in [0.5, 0.6) is 0 Å². The van der Waals surface area contributed by atoms with Gasteiger partial charge in [-0.15, -0.1) is 0 Å². The number of carboxylic acid groups (broad SMARTS) is 1. The predicted molar refractivity (Wildman–Crippen MR) is 50.8 cm³/mol. The number of piperazine rings is 1. The lowest BCUT2D eigenvalue weighted by Crippen LogP contribution is -2.54. The van der Waals surface area contributed by atoms with Crippen LogP contribution in [0.2, 0.25) is 0 Å². The Morgan fingerprint density at radius 1 is 1.46 bits per heavy atom. The van der Waals surface area contributed by atoms with E-state index in [0.717, 1.165) is 26.2 Å². The third kappa shape index (κ3) is 2.97. The Morgan fingerprint density at radius 2 is 2.00 bits per heavy atom. The zero-order valence-electron chi connectivity index (χ0n) is 8.34. The average molecular weight is 186 g/mol. The van der Waals surface area contributed by atoms with E-state index in [-0.39, 0.29) is 12.0 Å². The molecule has 4 heteroatoms. The maximum absolute atomic E-state index is 10.6. The molecule has 1 fully saturated rings. The summed E-state index contributed by atoms with van der Waals surface area (Å²) < 4.78 is 0. The number of carbonyl (C=O) groups is 1. The van der Waals surface area contributed by atoms with Gasteiger partial charge in [0.1, 0.15) is 0 Å². The van der Waals surface area contributed by atoms with Crippen molar-refractivity contribution in [1.82, 2.24) is 10.2 Å². The first-order chi connectivity index (χ1) is 6.02. The van der Waals surface area contributed by atoms with E-state index in [0.29, 0.717) is 0 Å². The molecule has 1 heterocycles. The van der Waals surface area contributed by atoms with Crippen molar-refractivity contribution in [3.8, 4) is 0 Å². The van der Waals surface area contributed by atoms with Crippen LogP contribution in [0.3, 0.4) is 0 Å². The number of hydrogen-bond donors (Lipinski definition) is 2. The van der Waals surface area contributed by atoms with E-state index in [4.69, 9.17) is 5.11 Å². The van der Waals surface area contributed by atoms with Crippen molar-refractivity contribution >= 4 is 5.97 Å². The molecule has 1 aliphatic rings. The number of carboxylic acids is 1. The van der Waals surface area contributed by atoms with Gasteiger partial charge in [0.25, 0.3) is 0 Å². The van der Waals surface area contributed by atoms with Crippen LogP contribution in [0.15, 0.2) is 0 Å². The number of aliphatic carboxylic acids is 1. The normalized spacial score (nSPS) is 20.2. The smallest absolute Gasteiger partial charge is 0.305 e. The number of nitrogens with one attached hydrogen (secondary N) is 1. The maximum Gasteiger partial charge on any atom is 0.305 e. The van der Waals surface area contributed by atoms with Crippen molar-refractivity contribution < 1.29 is 9.90 Å². The number of nitrogens with zero attached hydrogens (tertiary/aromatic N) is 1. The van der Waals surface area contributed by atoms with Gasteiger partial charge in [0.2, 0.25) is 0 Å². The van der Waals surface area contributed by atoms with Crippen LogP contribution in [0.4, 0.5) is 0 Å². The molecular weight excluding hydrogens is 168 g/mol. The summed E-state index contributed by atoms with van der Waals surface area (Å²) in [5.74, 6) is -0.719. The molecule has 13 heavy (non-hydrogen) atoms. The summed E-state index contributed by atoms with van der Waals surface area (Å²) >= 11 is 0. The Hall–Kier alpha value is -0.610. The van der Waals surface area contributed by atoms with E-state index in [1.165, 1.54) is 0 Å². The molecule has 0 aliphatic carbocycles. The molecule has 0 saturated carbocycles. The number of hydrogen-bond acceptors (Lipinski definition) is 3. The first kappa shape index (κ1) is 10.5. The van der Waals surface area contributed by atoms with E-state index in [2.05, 4.69) is 10.2 Å². The molecule has 4 nitrogen and oxygen atoms in total. The summed E-state index contributed by atoms with van der Waals surface area (Å²) in [7, 11) is 0. The largest absolute Gasteiger partial charge is 0.481 e. The second-order valence-electron chi connectivity index (χ2n) is 4.12. The summed E-state index contributed by atoms with van der Waals surface area (Å²) in [5, 5.41) is 12.0. The van der Waals surface area contributed by atoms with Crippen LogP contribution in [0.1, 0.15) is 20.3 Å². The summed E-state index contributed by atoms with van der Waals surface area (Å²) in [6, 6.07) is 0. The first-order valence-corrected chi connectivity index (χ1v) is 4.70. The Labute approximate surface area is 78.9 Å². The van der Waals surface area contributed by atoms with Crippen LogP contribution in [0.25, 0.3) is 0 Å². The standard InChI is InChI=1S/C9H18N2O2/c1-9(2,7-8(12)13)11-5-3-10-4-6-11/h10H,3-7H2,1-2H3,(H,12,13). The summed E-state index contributed by atoms with van der Waals surface area (Å²) in [5.41, 5.74) is -0.214. The fourth-order valence-corrected chi connectivity index (χ4v) is 1.75. The van der Waals surface area contributed by atoms with Gasteiger partial charge >= 0.3 is 5.97 Å². The minimum atomic E-state index is -0.719. The van der Waals surface area contributed by atoms with Gasteiger partial charge < -0.3 is 10.4 Å². The Morgan fingerprint density at radius 3 is 2.46 bits per heavy atom. The highest BCUT2D eigenvalue weighted by Crippen LogP contribution is 2.18. The third-order valence-corrected chi connectivity index (χ3v) is 2.56. The topological polar surface area (TPSA) is 52.6 Å². The lowest BCUT2D eigenvalue weighted by molar-refractivity contribution is -0.140. The van der Waals surface area contributed by atoms with Crippen LogP contribution in [-0.4, -0.2) is 47.7 Å². The average Bonchev–Trinajstić information content (AvgIpc) is 2.04. The van der Waals surface area contributed by atoms with Gasteiger partial charge in [-0.25, -0.2) is 0 Å². The van der Waals surface area contributed by atoms with Crippen LogP contribution >= 0.6 is 0 Å². The van der Waals surface area contributed by atoms with Gasteiger partial charge in [0.15, 0.2) is 0 Å². The molecule has 0 amide bonds. The van der Waals surface area contributed by atoms with E-state index in [9.17, 15) is 4.79 Å². The van der Waals surface area contributed by atoms with Gasteiger partial charge in [-0.1, -0.05) is 0 Å². The molecule has 0 atom stereocenters. The predicted octanol–water partition coefficient (Wildman–Crippen LogP) is 0.145. The Balaban J connectivity index is 2.50. The molecule has 0 radical (unpaired) electrons. The lowest BCUT2D eigenvalue weighted by atomic mass is 9.97. The highest BCUT2D eigenvalue weighted by Gasteiger charge is 2.29. The van der Waals surface area contributed by atoms with Crippen molar-refractivity contribution in [3.63, 3.8) is 0 Å². The van der Waals surface area contributed by atoms with Gasteiger partial charge in [0.05, 0.1) is 6.42 Å². The zero-order valence-corrected chi connectivity index (χ0v) is 8.34. The molecule has 2 N–H and O–H groups in total. The molecule has 76 valence electrons. The molecule has 0 aromatic carbocycles. The molecule has 1 rings (SSSR count). The molecule has 0 aromatic rings. The van der Waals surface area contributed by atoms with Crippen molar-refractivity contribution in [2.45, 2.75) is 25.8 Å². The summed E-state index contributed by atoms with van der Waals surface area (Å²) in [6.07, 6.45) is 0.215. The lowest BCUT2D eigenvalue weighted by Gasteiger charge is -2.40. The van der Waals surface area contributed by atoms with Crippen molar-refractivity contribution in [1.29, 1.82) is 0 Å². The second-order valence-corrected chi connectivity index (χ2v) is 4.12. The minimum absolute atomic E-state index is 0.214. The maximum atomic E-state index is 10.6. The monoisotopic (exact) mass is 186 g/mol. The van der Waals surface area contributed by atoms with Crippen LogP contribution in [0, 0.1) is 0 Å². The summed E-state index contributed by atoms with van der Waals surface area (Å²) in [6.45, 7) is 7.80. The summed E-state index contributed by atoms with van der Waals surface area (Å²) in [4.78, 5) is 12.8. The molecule has 1 aliphatic heterocycles. The van der Waals surface area contributed by atoms with Crippen molar-refractivity contribution in [2.24, 2.45) is 0 Å². The molecular formula is C9H18N2O2. The molecule has 1 saturated heterocycles. The van der Waals surface area contributed by atoms with Crippen molar-refractivity contribution in [3.05, 3.63) is 0 Å². The molecule has 0 aromatic heterocycles. The van der Waals surface area contributed by atoms with Crippen LogP contribution in [-0.2, 0) is 4.79 Å². The Bertz CT molecular complexity index is 186. The van der Waals surface area contributed by atoms with E-state index < -0.39 is 5.97 Å². The molecule has 0 unspecified atom stereocenters. The number of rotatable bonds is 3. The Kier molecular flexibility index (Phi) is 3.27. The van der Waals surface area contributed by atoms with E-state index >= 15 is 0 Å². The van der Waals surface area contributed by atoms with Gasteiger partial charge in [0, 0.05) is 31.7 Å². The van der Waals surface area contributed by atoms with Gasteiger partial charge in [-0.2, -0.15) is 0 Å². The quantitative estimate of drug-likeness (QED) is 0.658. The second kappa shape index (κ2) is 4.07. The first-order valence-electron chi connectivity index (χ1n) is 4.70. The van der Waals surface area contributed by atoms with Gasteiger partial charge in [-0.05, 0) is 13.8 Å². The molecule has 0 spiro atoms. The van der Waals surface area contributed by atoms with Crippen LogP contribution < -0.4 is 5.32 Å². The highest BCUT2D eigenvalue weighted by molar-refractivity contribution is 5.68. The van der Waals surface area contributed by atoms with Gasteiger partial charge in [-0.3, -0.25) is 9.69 Å². The van der Waals surface area contributed by atoms with E-state index in [1.54, 1.807) is 0 Å². The minimum Gasteiger partial charge on any atom is -0.481 e. The van der Waals surface area contributed by atoms with E-state index in [1.807, 2.05) is 13.8 Å². The highest BCUT2D eigenvalue weighted by atomic mass is 16.4. The van der Waals surface area contributed by atoms with Crippen molar-refractivity contribution in [2.75, 3.05) is 26.2 Å². The zero-order chi connectivity index (χ0) is 9.90. The fourth-order valence-electron chi connectivity index (χ4n) is 1.75. The molecule has 0 bridgehead atoms.